The number of carbonyl (C=O) groups is 1. The molecule has 0 aliphatic carbocycles. The molecule has 2 aromatic carbocycles. The summed E-state index contributed by atoms with van der Waals surface area (Å²) in [4.78, 5) is 68.0. The van der Waals surface area contributed by atoms with Gasteiger partial charge in [0, 0.05) is 35.9 Å². The number of nitrogens with zero attached hydrogens (tertiary/aromatic N) is 2. The van der Waals surface area contributed by atoms with Crippen molar-refractivity contribution in [1.82, 2.24) is 9.55 Å². The van der Waals surface area contributed by atoms with Crippen LogP contribution in [0.25, 0.3) is 5.69 Å². The number of hydrogen-bond acceptors (Lipinski definition) is 10. The van der Waals surface area contributed by atoms with Crippen molar-refractivity contribution >= 4 is 45.8 Å². The fourth-order valence-corrected chi connectivity index (χ4v) is 5.14. The molecule has 0 atom stereocenters. The molecule has 4 aromatic rings. The first-order chi connectivity index (χ1) is 20.5. The van der Waals surface area contributed by atoms with E-state index in [-0.39, 0.29) is 45.9 Å². The lowest BCUT2D eigenvalue weighted by molar-refractivity contribution is 0.102. The molecular formula is C26H23ClF2N4O8P2. The van der Waals surface area contributed by atoms with Crippen LogP contribution in [0.1, 0.15) is 17.3 Å². The second kappa shape index (κ2) is 14.2. The second-order valence-corrected chi connectivity index (χ2v) is 11.6. The van der Waals surface area contributed by atoms with Crippen LogP contribution < -0.4 is 25.7 Å². The number of rotatable bonds is 11. The highest BCUT2D eigenvalue weighted by atomic mass is 35.5. The average molecular weight is 655 g/mol. The summed E-state index contributed by atoms with van der Waals surface area (Å²) in [7, 11) is -5.62. The molecule has 4 rings (SSSR count). The van der Waals surface area contributed by atoms with E-state index in [1.165, 1.54) is 48.8 Å². The topological polar surface area (TPSA) is 175 Å². The van der Waals surface area contributed by atoms with Gasteiger partial charge in [0.15, 0.2) is 39.6 Å². The van der Waals surface area contributed by atoms with Crippen LogP contribution >= 0.6 is 28.4 Å². The maximum Gasteiger partial charge on any atom is 0.271 e. The molecule has 2 heterocycles. The van der Waals surface area contributed by atoms with Crippen LogP contribution in [0, 0.1) is 11.6 Å². The standard InChI is InChI=1S/C26H23ClF2N4O8P2/c1-2-40-19-10-12-33(16-6-3-14(28)4-7-16)25(35)21(19)24(34)31-15-5-8-18(17(29)13-15)41-20-9-11-30-23(22(20)27)32-26(42(36)37)43(38)39/h3-13,26,36-39H,2H2,1H3,(H,30,32)(H,31,34). The Morgan fingerprint density at radius 2 is 1.72 bits per heavy atom. The Morgan fingerprint density at radius 3 is 2.35 bits per heavy atom. The van der Waals surface area contributed by atoms with Gasteiger partial charge in [-0.05, 0) is 49.4 Å². The van der Waals surface area contributed by atoms with Crippen molar-refractivity contribution in [2.75, 3.05) is 17.2 Å². The third kappa shape index (κ3) is 7.62. The minimum Gasteiger partial charge on any atom is -0.493 e. The van der Waals surface area contributed by atoms with Crippen LogP contribution in [-0.2, 0) is 0 Å². The van der Waals surface area contributed by atoms with Crippen LogP contribution in [0.5, 0.6) is 17.2 Å². The molecule has 43 heavy (non-hydrogen) atoms. The van der Waals surface area contributed by atoms with E-state index < -0.39 is 45.4 Å². The number of amides is 1. The van der Waals surface area contributed by atoms with Crippen LogP contribution in [0.4, 0.5) is 20.3 Å². The zero-order valence-corrected chi connectivity index (χ0v) is 24.5. The van der Waals surface area contributed by atoms with Gasteiger partial charge in [-0.3, -0.25) is 14.2 Å². The molecule has 0 bridgehead atoms. The fraction of sp³-hybridized carbons (Fsp3) is 0.115. The lowest BCUT2D eigenvalue weighted by atomic mass is 10.2. The van der Waals surface area contributed by atoms with E-state index in [0.717, 1.165) is 22.8 Å². The number of hydrogen-bond donors (Lipinski definition) is 6. The van der Waals surface area contributed by atoms with Crippen LogP contribution in [0.15, 0.2) is 71.8 Å². The number of aromatic nitrogens is 2. The first-order valence-electron chi connectivity index (χ1n) is 12.2. The molecule has 226 valence electrons. The SMILES string of the molecule is CCOc1ccn(-c2ccc(F)cc2)c(=O)c1C(=O)Nc1ccc(Oc2ccnc(NC(P(O)O)P(O)O)c2Cl)c(F)c1. The van der Waals surface area contributed by atoms with Crippen LogP contribution in [0.3, 0.4) is 0 Å². The number of ether oxygens (including phenoxy) is 2. The van der Waals surface area contributed by atoms with Crippen molar-refractivity contribution in [2.45, 2.75) is 12.4 Å². The number of halogens is 3. The smallest absolute Gasteiger partial charge is 0.271 e. The Balaban J connectivity index is 1.57. The van der Waals surface area contributed by atoms with E-state index in [2.05, 4.69) is 15.6 Å². The number of anilines is 2. The lowest BCUT2D eigenvalue weighted by Crippen LogP contribution is -2.29. The van der Waals surface area contributed by atoms with Gasteiger partial charge in [-0.1, -0.05) is 11.6 Å². The number of benzene rings is 2. The minimum absolute atomic E-state index is 0.00677. The Labute approximate surface area is 250 Å². The fourth-order valence-electron chi connectivity index (χ4n) is 3.72. The summed E-state index contributed by atoms with van der Waals surface area (Å²) >= 11 is 6.25. The van der Waals surface area contributed by atoms with Gasteiger partial charge in [-0.2, -0.15) is 0 Å². The van der Waals surface area contributed by atoms with E-state index in [4.69, 9.17) is 21.1 Å². The van der Waals surface area contributed by atoms with E-state index in [1.807, 2.05) is 0 Å². The van der Waals surface area contributed by atoms with E-state index in [0.29, 0.717) is 5.69 Å². The molecule has 0 aliphatic rings. The molecule has 12 nitrogen and oxygen atoms in total. The molecular weight excluding hydrogens is 632 g/mol. The third-order valence-electron chi connectivity index (χ3n) is 5.65. The summed E-state index contributed by atoms with van der Waals surface area (Å²) in [6, 6.07) is 11.2. The maximum atomic E-state index is 15.0. The molecule has 17 heteroatoms. The normalized spacial score (nSPS) is 11.2. The van der Waals surface area contributed by atoms with Gasteiger partial charge in [0.05, 0.1) is 6.61 Å². The van der Waals surface area contributed by atoms with Crippen molar-refractivity contribution in [3.8, 4) is 22.9 Å². The summed E-state index contributed by atoms with van der Waals surface area (Å²) in [5.41, 5.74) is -2.38. The Kier molecular flexibility index (Phi) is 10.6. The second-order valence-electron chi connectivity index (χ2n) is 8.47. The van der Waals surface area contributed by atoms with E-state index >= 15 is 4.39 Å². The van der Waals surface area contributed by atoms with Gasteiger partial charge >= 0.3 is 0 Å². The molecule has 0 saturated carbocycles. The largest absolute Gasteiger partial charge is 0.493 e. The highest BCUT2D eigenvalue weighted by Crippen LogP contribution is 2.49. The molecule has 0 radical (unpaired) electrons. The number of pyridine rings is 2. The van der Waals surface area contributed by atoms with Crippen LogP contribution in [-0.4, -0.2) is 47.2 Å². The number of nitrogens with one attached hydrogen (secondary N) is 2. The third-order valence-corrected chi connectivity index (χ3v) is 8.39. The quantitative estimate of drug-likeness (QED) is 0.122. The summed E-state index contributed by atoms with van der Waals surface area (Å²) in [5.74, 6) is -2.94. The number of carbonyl (C=O) groups excluding carboxylic acids is 1. The first kappa shape index (κ1) is 32.2. The molecule has 0 unspecified atom stereocenters. The van der Waals surface area contributed by atoms with Gasteiger partial charge in [0.1, 0.15) is 28.0 Å². The molecule has 1 amide bonds. The molecule has 0 saturated heterocycles. The van der Waals surface area contributed by atoms with Crippen molar-refractivity contribution in [3.05, 3.63) is 99.6 Å². The highest BCUT2D eigenvalue weighted by molar-refractivity contribution is 7.64. The van der Waals surface area contributed by atoms with Crippen molar-refractivity contribution in [3.63, 3.8) is 0 Å². The van der Waals surface area contributed by atoms with Crippen LogP contribution in [0.2, 0.25) is 5.02 Å². The molecule has 0 fully saturated rings. The first-order valence-corrected chi connectivity index (χ1v) is 15.2. The molecule has 0 spiro atoms. The Morgan fingerprint density at radius 1 is 1.02 bits per heavy atom. The van der Waals surface area contributed by atoms with Crippen molar-refractivity contribution in [1.29, 1.82) is 0 Å². The predicted molar refractivity (Wildman–Crippen MR) is 157 cm³/mol. The van der Waals surface area contributed by atoms with Gasteiger partial charge in [0.25, 0.3) is 11.5 Å². The van der Waals surface area contributed by atoms with Gasteiger partial charge in [0.2, 0.25) is 0 Å². The van der Waals surface area contributed by atoms with Gasteiger partial charge in [-0.25, -0.2) is 13.8 Å². The lowest BCUT2D eigenvalue weighted by Gasteiger charge is -2.21. The molecule has 2 aromatic heterocycles. The molecule has 0 aliphatic heterocycles. The van der Waals surface area contributed by atoms with Gasteiger partial charge < -0.3 is 39.7 Å². The Bertz CT molecular complexity index is 1670. The van der Waals surface area contributed by atoms with E-state index in [9.17, 15) is 33.6 Å². The van der Waals surface area contributed by atoms with E-state index in [1.54, 1.807) is 6.92 Å². The average Bonchev–Trinajstić information content (AvgIpc) is 2.95. The van der Waals surface area contributed by atoms with Gasteiger partial charge in [-0.15, -0.1) is 0 Å². The zero-order valence-electron chi connectivity index (χ0n) is 22.0. The predicted octanol–water partition coefficient (Wildman–Crippen LogP) is 4.90. The zero-order chi connectivity index (χ0) is 31.3. The Hall–Kier alpha value is -3.74. The summed E-state index contributed by atoms with van der Waals surface area (Å²) in [5, 5.41) is 4.64. The van der Waals surface area contributed by atoms with Crippen molar-refractivity contribution in [2.24, 2.45) is 0 Å². The highest BCUT2D eigenvalue weighted by Gasteiger charge is 2.28. The summed E-state index contributed by atoms with van der Waals surface area (Å²) in [6.45, 7) is 1.82. The monoisotopic (exact) mass is 654 g/mol. The van der Waals surface area contributed by atoms with Crippen molar-refractivity contribution < 1.29 is 42.6 Å². The summed E-state index contributed by atoms with van der Waals surface area (Å²) < 4.78 is 40.6. The maximum absolute atomic E-state index is 15.0. The molecule has 6 N–H and O–H groups in total. The summed E-state index contributed by atoms with van der Waals surface area (Å²) in [6.07, 6.45) is 2.59. The minimum atomic E-state index is -2.81.